The van der Waals surface area contributed by atoms with Gasteiger partial charge in [-0.05, 0) is 43.0 Å². The average molecular weight is 427 g/mol. The molecule has 1 aliphatic heterocycles. The van der Waals surface area contributed by atoms with Gasteiger partial charge in [0.05, 0.1) is 17.0 Å². The molecule has 0 aliphatic carbocycles. The van der Waals surface area contributed by atoms with Crippen molar-refractivity contribution in [1.82, 2.24) is 4.90 Å². The molecule has 1 atom stereocenters. The third kappa shape index (κ3) is 5.45. The highest BCUT2D eigenvalue weighted by molar-refractivity contribution is 7.12. The number of aliphatic carboxylic acids is 1. The van der Waals surface area contributed by atoms with Crippen LogP contribution in [0.2, 0.25) is 10.0 Å². The van der Waals surface area contributed by atoms with Crippen molar-refractivity contribution in [3.63, 3.8) is 0 Å². The first-order valence-corrected chi connectivity index (χ1v) is 10.3. The number of thiophene rings is 1. The zero-order chi connectivity index (χ0) is 19.2. The Morgan fingerprint density at radius 2 is 2.22 bits per heavy atom. The van der Waals surface area contributed by atoms with Crippen molar-refractivity contribution >= 4 is 46.7 Å². The van der Waals surface area contributed by atoms with Crippen LogP contribution in [0.25, 0.3) is 11.1 Å². The van der Waals surface area contributed by atoms with Crippen LogP contribution in [0, 0.1) is 5.92 Å². The molecule has 1 saturated heterocycles. The number of oxime groups is 1. The number of carboxylic acids is 1. The van der Waals surface area contributed by atoms with Crippen LogP contribution in [0.4, 0.5) is 0 Å². The molecule has 3 rings (SSSR count). The number of hydrogen-bond acceptors (Lipinski definition) is 5. The van der Waals surface area contributed by atoms with Gasteiger partial charge in [0.2, 0.25) is 0 Å². The number of rotatable bonds is 7. The van der Waals surface area contributed by atoms with Crippen LogP contribution in [-0.4, -0.2) is 48.4 Å². The molecule has 1 unspecified atom stereocenters. The molecule has 1 aromatic heterocycles. The van der Waals surface area contributed by atoms with Gasteiger partial charge in [-0.3, -0.25) is 9.69 Å². The number of nitrogens with zero attached hydrogens (tertiary/aromatic N) is 2. The van der Waals surface area contributed by atoms with Gasteiger partial charge in [-0.15, -0.1) is 11.3 Å². The molecule has 144 valence electrons. The summed E-state index contributed by atoms with van der Waals surface area (Å²) in [5.41, 5.74) is 1.88. The summed E-state index contributed by atoms with van der Waals surface area (Å²) in [6.07, 6.45) is 3.33. The minimum Gasteiger partial charge on any atom is -0.481 e. The van der Waals surface area contributed by atoms with Crippen LogP contribution in [0.5, 0.6) is 0 Å². The molecule has 0 spiro atoms. The molecule has 0 radical (unpaired) electrons. The maximum atomic E-state index is 11.1. The van der Waals surface area contributed by atoms with E-state index in [1.54, 1.807) is 29.7 Å². The van der Waals surface area contributed by atoms with E-state index in [-0.39, 0.29) is 5.92 Å². The summed E-state index contributed by atoms with van der Waals surface area (Å²) in [6, 6.07) is 7.40. The fourth-order valence-electron chi connectivity index (χ4n) is 3.12. The summed E-state index contributed by atoms with van der Waals surface area (Å²) in [5, 5.41) is 16.4. The largest absolute Gasteiger partial charge is 0.481 e. The van der Waals surface area contributed by atoms with Crippen molar-refractivity contribution in [3.05, 3.63) is 44.6 Å². The third-order valence-corrected chi connectivity index (χ3v) is 5.91. The summed E-state index contributed by atoms with van der Waals surface area (Å²) < 4.78 is 0. The Labute approximate surface area is 172 Å². The molecule has 1 aliphatic rings. The maximum absolute atomic E-state index is 11.1. The number of hydrogen-bond donors (Lipinski definition) is 1. The molecule has 1 aromatic carbocycles. The molecule has 27 heavy (non-hydrogen) atoms. The first kappa shape index (κ1) is 20.1. The molecule has 0 bridgehead atoms. The summed E-state index contributed by atoms with van der Waals surface area (Å²) in [6.45, 7) is 2.57. The lowest BCUT2D eigenvalue weighted by atomic mass is 9.98. The van der Waals surface area contributed by atoms with Gasteiger partial charge in [0.1, 0.15) is 6.61 Å². The molecule has 0 saturated carbocycles. The molecule has 0 amide bonds. The van der Waals surface area contributed by atoms with Gasteiger partial charge in [-0.1, -0.05) is 34.4 Å². The molecular weight excluding hydrogens is 407 g/mol. The molecule has 1 N–H and O–H groups in total. The van der Waals surface area contributed by atoms with Gasteiger partial charge in [0.15, 0.2) is 0 Å². The van der Waals surface area contributed by atoms with Crippen LogP contribution >= 0.6 is 34.5 Å². The SMILES string of the molecule is O=C(O)C1CCCN(CCON=Cc2sccc2-c2ccc(Cl)cc2Cl)C1. The van der Waals surface area contributed by atoms with Crippen molar-refractivity contribution in [2.24, 2.45) is 11.1 Å². The van der Waals surface area contributed by atoms with E-state index in [0.717, 1.165) is 35.4 Å². The highest BCUT2D eigenvalue weighted by Crippen LogP contribution is 2.34. The van der Waals surface area contributed by atoms with Crippen molar-refractivity contribution in [2.75, 3.05) is 26.2 Å². The Balaban J connectivity index is 1.52. The Morgan fingerprint density at radius 1 is 1.37 bits per heavy atom. The van der Waals surface area contributed by atoms with Crippen LogP contribution in [0.15, 0.2) is 34.8 Å². The van der Waals surface area contributed by atoms with Gasteiger partial charge in [-0.2, -0.15) is 0 Å². The van der Waals surface area contributed by atoms with Crippen LogP contribution in [0.1, 0.15) is 17.7 Å². The minimum absolute atomic E-state index is 0.278. The number of carbonyl (C=O) groups is 1. The van der Waals surface area contributed by atoms with E-state index in [4.69, 9.17) is 33.1 Å². The lowest BCUT2D eigenvalue weighted by Gasteiger charge is -2.29. The smallest absolute Gasteiger partial charge is 0.307 e. The van der Waals surface area contributed by atoms with E-state index >= 15 is 0 Å². The topological polar surface area (TPSA) is 62.1 Å². The zero-order valence-electron chi connectivity index (χ0n) is 14.6. The molecule has 2 aromatic rings. The van der Waals surface area contributed by atoms with Gasteiger partial charge < -0.3 is 9.94 Å². The van der Waals surface area contributed by atoms with Crippen molar-refractivity contribution < 1.29 is 14.7 Å². The van der Waals surface area contributed by atoms with Crippen molar-refractivity contribution in [2.45, 2.75) is 12.8 Å². The number of benzene rings is 1. The van der Waals surface area contributed by atoms with E-state index in [2.05, 4.69) is 10.1 Å². The zero-order valence-corrected chi connectivity index (χ0v) is 16.9. The summed E-state index contributed by atoms with van der Waals surface area (Å²) in [5.74, 6) is -0.996. The number of carboxylic acid groups (broad SMARTS) is 1. The summed E-state index contributed by atoms with van der Waals surface area (Å²) in [4.78, 5) is 19.5. The first-order chi connectivity index (χ1) is 13.0. The maximum Gasteiger partial charge on any atom is 0.307 e. The summed E-state index contributed by atoms with van der Waals surface area (Å²) in [7, 11) is 0. The lowest BCUT2D eigenvalue weighted by molar-refractivity contribution is -0.143. The van der Waals surface area contributed by atoms with Gasteiger partial charge >= 0.3 is 5.97 Å². The Morgan fingerprint density at radius 3 is 3.00 bits per heavy atom. The highest BCUT2D eigenvalue weighted by atomic mass is 35.5. The summed E-state index contributed by atoms with van der Waals surface area (Å²) >= 11 is 13.8. The Kier molecular flexibility index (Phi) is 7.13. The lowest BCUT2D eigenvalue weighted by Crippen LogP contribution is -2.40. The van der Waals surface area contributed by atoms with Crippen LogP contribution in [0.3, 0.4) is 0 Å². The first-order valence-electron chi connectivity index (χ1n) is 8.68. The van der Waals surface area contributed by atoms with E-state index in [9.17, 15) is 4.79 Å². The standard InChI is InChI=1S/C19H20Cl2N2O3S/c20-14-3-4-15(17(21)10-14)16-5-9-27-18(16)11-22-26-8-7-23-6-1-2-13(12-23)19(24)25/h3-5,9-11,13H,1-2,6-8,12H2,(H,24,25). The fraction of sp³-hybridized carbons (Fsp3) is 0.368. The Bertz CT molecular complexity index is 825. The molecular formula is C19H20Cl2N2O3S. The van der Waals surface area contributed by atoms with E-state index in [1.165, 1.54) is 0 Å². The monoisotopic (exact) mass is 426 g/mol. The van der Waals surface area contributed by atoms with E-state index in [1.807, 2.05) is 17.5 Å². The highest BCUT2D eigenvalue weighted by Gasteiger charge is 2.24. The second kappa shape index (κ2) is 9.55. The predicted octanol–water partition coefficient (Wildman–Crippen LogP) is 4.87. The van der Waals surface area contributed by atoms with Gasteiger partial charge in [0.25, 0.3) is 0 Å². The molecule has 2 heterocycles. The fourth-order valence-corrected chi connectivity index (χ4v) is 4.39. The predicted molar refractivity (Wildman–Crippen MR) is 110 cm³/mol. The average Bonchev–Trinajstić information content (AvgIpc) is 3.10. The van der Waals surface area contributed by atoms with Crippen LogP contribution < -0.4 is 0 Å². The van der Waals surface area contributed by atoms with E-state index < -0.39 is 5.97 Å². The number of likely N-dealkylation sites (tertiary alicyclic amines) is 1. The Hall–Kier alpha value is -1.60. The molecule has 1 fully saturated rings. The second-order valence-corrected chi connectivity index (χ2v) is 8.16. The number of piperidine rings is 1. The molecule has 5 nitrogen and oxygen atoms in total. The molecule has 8 heteroatoms. The second-order valence-electron chi connectivity index (χ2n) is 6.37. The minimum atomic E-state index is -0.718. The van der Waals surface area contributed by atoms with Gasteiger partial charge in [-0.25, -0.2) is 0 Å². The van der Waals surface area contributed by atoms with Crippen molar-refractivity contribution in [1.29, 1.82) is 0 Å². The number of halogens is 2. The quantitative estimate of drug-likeness (QED) is 0.389. The van der Waals surface area contributed by atoms with Crippen LogP contribution in [-0.2, 0) is 9.63 Å². The van der Waals surface area contributed by atoms with E-state index in [0.29, 0.717) is 29.7 Å². The normalized spacial score (nSPS) is 18.1. The third-order valence-electron chi connectivity index (χ3n) is 4.51. The van der Waals surface area contributed by atoms with Crippen molar-refractivity contribution in [3.8, 4) is 11.1 Å². The van der Waals surface area contributed by atoms with Gasteiger partial charge in [0, 0.05) is 34.3 Å².